The molecule has 28 heavy (non-hydrogen) atoms. The number of hydrogen-bond donors (Lipinski definition) is 3. The summed E-state index contributed by atoms with van der Waals surface area (Å²) in [4.78, 5) is 12.1. The van der Waals surface area contributed by atoms with Crippen LogP contribution in [0, 0.1) is 0 Å². The lowest BCUT2D eigenvalue weighted by Gasteiger charge is -2.24. The molecule has 0 spiro atoms. The highest BCUT2D eigenvalue weighted by Crippen LogP contribution is 2.30. The molecular weight excluding hydrogens is 402 g/mol. The number of benzene rings is 2. The summed E-state index contributed by atoms with van der Waals surface area (Å²) in [6.07, 6.45) is -1.79. The van der Waals surface area contributed by atoms with Gasteiger partial charge in [-0.15, -0.1) is 0 Å². The zero-order chi connectivity index (χ0) is 20.5. The van der Waals surface area contributed by atoms with Crippen molar-refractivity contribution in [1.82, 2.24) is 5.32 Å². The van der Waals surface area contributed by atoms with Crippen LogP contribution in [-0.2, 0) is 15.5 Å². The number of nitrogens with one attached hydrogen (secondary N) is 1. The van der Waals surface area contributed by atoms with Gasteiger partial charge in [0.15, 0.2) is 0 Å². The van der Waals surface area contributed by atoms with Crippen molar-refractivity contribution in [3.05, 3.63) is 64.7 Å². The first-order valence-electron chi connectivity index (χ1n) is 8.78. The molecule has 0 radical (unpaired) electrons. The van der Waals surface area contributed by atoms with E-state index in [1.807, 2.05) is 44.2 Å². The third kappa shape index (κ3) is 6.91. The average molecular weight is 426 g/mol. The van der Waals surface area contributed by atoms with Gasteiger partial charge in [-0.2, -0.15) is 0 Å². The van der Waals surface area contributed by atoms with E-state index in [0.717, 1.165) is 5.56 Å². The Morgan fingerprint density at radius 2 is 1.93 bits per heavy atom. The van der Waals surface area contributed by atoms with Gasteiger partial charge in [0.2, 0.25) is 0 Å². The average Bonchev–Trinajstić information content (AvgIpc) is 2.67. The van der Waals surface area contributed by atoms with E-state index in [-0.39, 0.29) is 19.3 Å². The van der Waals surface area contributed by atoms with Crippen LogP contribution in [0.25, 0.3) is 0 Å². The largest absolute Gasteiger partial charge is 0.489 e. The fraction of sp³-hybridized carbons (Fsp3) is 0.350. The van der Waals surface area contributed by atoms with E-state index in [1.54, 1.807) is 18.2 Å². The minimum Gasteiger partial charge on any atom is -0.489 e. The summed E-state index contributed by atoms with van der Waals surface area (Å²) in [5, 5.41) is 13.6. The molecule has 0 aliphatic carbocycles. The maximum atomic E-state index is 12.1. The number of carbonyl (C=O) groups excluding carboxylic acids is 1. The molecule has 0 heterocycles. The van der Waals surface area contributed by atoms with E-state index in [9.17, 15) is 9.90 Å². The molecule has 2 atom stereocenters. The number of halogens is 1. The molecule has 0 saturated carbocycles. The van der Waals surface area contributed by atoms with Gasteiger partial charge in [0.1, 0.15) is 18.5 Å². The molecule has 8 heteroatoms. The standard InChI is InChI=1S/C20H24ClNO5S/c1-13(2)27-18-9-8-15(10-16(18)21)19(23)17(12-26-28)22-20(24)25-11-14-6-4-3-5-7-14/h3-10,13,17,19,23,28H,11-12H2,1-2H3,(H,22,24)/t17-,19?/m1/s1. The number of amides is 1. The Kier molecular flexibility index (Phi) is 8.92. The highest BCUT2D eigenvalue weighted by Gasteiger charge is 2.24. The number of rotatable bonds is 9. The number of ether oxygens (including phenoxy) is 2. The summed E-state index contributed by atoms with van der Waals surface area (Å²) in [6, 6.07) is 13.4. The molecule has 0 fully saturated rings. The van der Waals surface area contributed by atoms with Gasteiger partial charge in [-0.25, -0.2) is 4.79 Å². The Morgan fingerprint density at radius 3 is 2.54 bits per heavy atom. The van der Waals surface area contributed by atoms with Crippen molar-refractivity contribution in [3.63, 3.8) is 0 Å². The van der Waals surface area contributed by atoms with E-state index in [4.69, 9.17) is 25.3 Å². The molecule has 2 rings (SSSR count). The molecule has 0 aliphatic rings. The molecule has 0 aromatic heterocycles. The first-order valence-corrected chi connectivity index (χ1v) is 9.52. The van der Waals surface area contributed by atoms with Crippen LogP contribution in [0.5, 0.6) is 5.75 Å². The Hall–Kier alpha value is -1.93. The van der Waals surface area contributed by atoms with Crippen LogP contribution in [0.3, 0.4) is 0 Å². The Labute approximate surface area is 175 Å². The maximum absolute atomic E-state index is 12.1. The van der Waals surface area contributed by atoms with Crippen LogP contribution in [0.1, 0.15) is 31.1 Å². The fourth-order valence-corrected chi connectivity index (χ4v) is 2.89. The van der Waals surface area contributed by atoms with Crippen LogP contribution in [0.2, 0.25) is 5.02 Å². The topological polar surface area (TPSA) is 77.0 Å². The molecule has 2 aromatic rings. The Balaban J connectivity index is 2.01. The molecular formula is C20H24ClNO5S. The molecule has 0 bridgehead atoms. The van der Waals surface area contributed by atoms with Gasteiger partial charge in [-0.1, -0.05) is 48.0 Å². The third-order valence-electron chi connectivity index (χ3n) is 3.81. The highest BCUT2D eigenvalue weighted by atomic mass is 35.5. The lowest BCUT2D eigenvalue weighted by Crippen LogP contribution is -2.42. The summed E-state index contributed by atoms with van der Waals surface area (Å²) in [6.45, 7) is 3.87. The van der Waals surface area contributed by atoms with Gasteiger partial charge < -0.3 is 24.1 Å². The first kappa shape index (κ1) is 22.4. The van der Waals surface area contributed by atoms with Gasteiger partial charge in [0.05, 0.1) is 23.8 Å². The second-order valence-electron chi connectivity index (χ2n) is 6.41. The summed E-state index contributed by atoms with van der Waals surface area (Å²) < 4.78 is 15.6. The highest BCUT2D eigenvalue weighted by molar-refractivity contribution is 7.75. The van der Waals surface area contributed by atoms with Crippen LogP contribution < -0.4 is 10.1 Å². The van der Waals surface area contributed by atoms with Crippen LogP contribution >= 0.6 is 24.5 Å². The van der Waals surface area contributed by atoms with E-state index < -0.39 is 18.2 Å². The molecule has 1 unspecified atom stereocenters. The molecule has 1 amide bonds. The Bertz CT molecular complexity index is 760. The quantitative estimate of drug-likeness (QED) is 0.412. The number of carbonyl (C=O) groups is 1. The predicted octanol–water partition coefficient (Wildman–Crippen LogP) is 4.32. The van der Waals surface area contributed by atoms with Gasteiger partial charge in [0, 0.05) is 0 Å². The van der Waals surface area contributed by atoms with Gasteiger partial charge in [-0.3, -0.25) is 0 Å². The van der Waals surface area contributed by atoms with Gasteiger partial charge in [0.25, 0.3) is 0 Å². The van der Waals surface area contributed by atoms with Crippen LogP contribution in [-0.4, -0.2) is 30.0 Å². The lowest BCUT2D eigenvalue weighted by atomic mass is 10.0. The minimum absolute atomic E-state index is 0.0281. The number of thiol groups is 1. The summed E-state index contributed by atoms with van der Waals surface area (Å²) >= 11 is 9.95. The smallest absolute Gasteiger partial charge is 0.407 e. The Morgan fingerprint density at radius 1 is 1.21 bits per heavy atom. The van der Waals surface area contributed by atoms with Crippen molar-refractivity contribution < 1.29 is 23.6 Å². The summed E-state index contributed by atoms with van der Waals surface area (Å²) in [7, 11) is 0. The molecule has 6 nitrogen and oxygen atoms in total. The lowest BCUT2D eigenvalue weighted by molar-refractivity contribution is 0.0859. The molecule has 2 N–H and O–H groups in total. The molecule has 0 aliphatic heterocycles. The number of alkyl carbamates (subject to hydrolysis) is 1. The van der Waals surface area contributed by atoms with E-state index >= 15 is 0 Å². The second-order valence-corrected chi connectivity index (χ2v) is 7.08. The van der Waals surface area contributed by atoms with Crippen molar-refractivity contribution in [2.24, 2.45) is 0 Å². The SMILES string of the molecule is CC(C)Oc1ccc(C(O)[C@@H](COS)NC(=O)OCc2ccccc2)cc1Cl. The summed E-state index contributed by atoms with van der Waals surface area (Å²) in [5.74, 6) is 0.518. The van der Waals surface area contributed by atoms with Crippen molar-refractivity contribution in [2.75, 3.05) is 6.61 Å². The van der Waals surface area contributed by atoms with E-state index in [0.29, 0.717) is 16.3 Å². The van der Waals surface area contributed by atoms with Crippen LogP contribution in [0.15, 0.2) is 48.5 Å². The molecule has 152 valence electrons. The van der Waals surface area contributed by atoms with Crippen molar-refractivity contribution in [3.8, 4) is 5.75 Å². The third-order valence-corrected chi connectivity index (χ3v) is 4.26. The van der Waals surface area contributed by atoms with E-state index in [1.165, 1.54) is 0 Å². The molecule has 2 aromatic carbocycles. The zero-order valence-electron chi connectivity index (χ0n) is 15.7. The van der Waals surface area contributed by atoms with Crippen LogP contribution in [0.4, 0.5) is 4.79 Å². The van der Waals surface area contributed by atoms with Gasteiger partial charge >= 0.3 is 6.09 Å². The van der Waals surface area contributed by atoms with Crippen molar-refractivity contribution in [2.45, 2.75) is 38.7 Å². The zero-order valence-corrected chi connectivity index (χ0v) is 17.3. The van der Waals surface area contributed by atoms with Gasteiger partial charge in [-0.05, 0) is 50.0 Å². The first-order chi connectivity index (χ1) is 13.4. The van der Waals surface area contributed by atoms with Crippen molar-refractivity contribution >= 4 is 30.6 Å². The monoisotopic (exact) mass is 425 g/mol. The second kappa shape index (κ2) is 11.2. The normalized spacial score (nSPS) is 13.1. The number of hydrogen-bond acceptors (Lipinski definition) is 6. The fourth-order valence-electron chi connectivity index (χ4n) is 2.49. The van der Waals surface area contributed by atoms with E-state index in [2.05, 4.69) is 18.2 Å². The minimum atomic E-state index is -1.08. The number of aliphatic hydroxyl groups is 1. The summed E-state index contributed by atoms with van der Waals surface area (Å²) in [5.41, 5.74) is 1.35. The maximum Gasteiger partial charge on any atom is 0.407 e. The number of aliphatic hydroxyl groups excluding tert-OH is 1. The predicted molar refractivity (Wildman–Crippen MR) is 111 cm³/mol. The van der Waals surface area contributed by atoms with Crippen molar-refractivity contribution in [1.29, 1.82) is 0 Å². The molecule has 0 saturated heterocycles.